The van der Waals surface area contributed by atoms with Gasteiger partial charge in [0.1, 0.15) is 22.2 Å². The summed E-state index contributed by atoms with van der Waals surface area (Å²) in [5.41, 5.74) is 1.29. The van der Waals surface area contributed by atoms with Crippen LogP contribution < -0.4 is 15.1 Å². The number of likely N-dealkylation sites (N-methyl/N-ethyl adjacent to an activating group) is 1. The first-order valence-corrected chi connectivity index (χ1v) is 10.8. The number of aldehydes is 1. The van der Waals surface area contributed by atoms with Gasteiger partial charge in [0.2, 0.25) is 5.95 Å². The van der Waals surface area contributed by atoms with Crippen molar-refractivity contribution in [2.45, 2.75) is 43.6 Å². The summed E-state index contributed by atoms with van der Waals surface area (Å²) in [5, 5.41) is 2.86. The van der Waals surface area contributed by atoms with Crippen LogP contribution in [0.3, 0.4) is 0 Å². The fourth-order valence-electron chi connectivity index (χ4n) is 4.08. The van der Waals surface area contributed by atoms with E-state index in [-0.39, 0.29) is 23.4 Å². The molecule has 1 aromatic heterocycles. The number of benzene rings is 1. The predicted octanol–water partition coefficient (Wildman–Crippen LogP) is 2.19. The number of hydrogen-bond acceptors (Lipinski definition) is 8. The van der Waals surface area contributed by atoms with Crippen LogP contribution in [0, 0.1) is 5.82 Å². The Morgan fingerprint density at radius 3 is 2.72 bits per heavy atom. The van der Waals surface area contributed by atoms with Crippen LogP contribution in [0.25, 0.3) is 0 Å². The summed E-state index contributed by atoms with van der Waals surface area (Å²) in [4.78, 5) is 24.5. The first kappa shape index (κ1) is 19.6. The summed E-state index contributed by atoms with van der Waals surface area (Å²) >= 11 is 0. The van der Waals surface area contributed by atoms with Crippen LogP contribution in [0.2, 0.25) is 0 Å². The van der Waals surface area contributed by atoms with Gasteiger partial charge in [-0.25, -0.2) is 17.8 Å². The number of anilines is 4. The summed E-state index contributed by atoms with van der Waals surface area (Å²) in [6, 6.07) is 4.43. The molecule has 1 aromatic carbocycles. The van der Waals surface area contributed by atoms with Crippen LogP contribution in [-0.4, -0.2) is 43.9 Å². The predicted molar refractivity (Wildman–Crippen MR) is 109 cm³/mol. The highest BCUT2D eigenvalue weighted by atomic mass is 32.2. The third-order valence-corrected chi connectivity index (χ3v) is 6.11. The first-order chi connectivity index (χ1) is 14.0. The lowest BCUT2D eigenvalue weighted by molar-refractivity contribution is -0.108. The summed E-state index contributed by atoms with van der Waals surface area (Å²) in [6.07, 6.45) is 6.35. The molecule has 1 saturated carbocycles. The quantitative estimate of drug-likeness (QED) is 0.544. The van der Waals surface area contributed by atoms with Crippen molar-refractivity contribution in [1.82, 2.24) is 9.97 Å². The molecule has 1 fully saturated rings. The second kappa shape index (κ2) is 7.94. The van der Waals surface area contributed by atoms with E-state index in [4.69, 9.17) is 0 Å². The monoisotopic (exact) mass is 419 g/mol. The average Bonchev–Trinajstić information content (AvgIpc) is 3.29. The number of thiol groups is 1. The maximum Gasteiger partial charge on any atom is 0.229 e. The topological polar surface area (TPSA) is 95.5 Å². The Kier molecular flexibility index (Phi) is 5.35. The van der Waals surface area contributed by atoms with Gasteiger partial charge >= 0.3 is 0 Å². The first-order valence-electron chi connectivity index (χ1n) is 9.48. The smallest absolute Gasteiger partial charge is 0.229 e. The molecule has 2 aromatic rings. The largest absolute Gasteiger partial charge is 0.344 e. The molecule has 0 saturated heterocycles. The second-order valence-corrected chi connectivity index (χ2v) is 8.32. The minimum absolute atomic E-state index is 0.153. The number of nitrogens with zero attached hydrogens (tertiary/aromatic N) is 4. The average molecular weight is 419 g/mol. The minimum Gasteiger partial charge on any atom is -0.344 e. The van der Waals surface area contributed by atoms with Crippen molar-refractivity contribution in [3.63, 3.8) is 0 Å². The Morgan fingerprint density at radius 2 is 2.07 bits per heavy atom. The molecule has 4 rings (SSSR count). The molecule has 0 amide bonds. The molecule has 2 aliphatic rings. The zero-order chi connectivity index (χ0) is 20.5. The molecule has 2 heterocycles. The molecule has 10 heteroatoms. The van der Waals surface area contributed by atoms with Crippen LogP contribution in [0.15, 0.2) is 24.4 Å². The molecule has 8 nitrogen and oxygen atoms in total. The molecule has 1 atom stereocenters. The lowest BCUT2D eigenvalue weighted by Gasteiger charge is -2.31. The summed E-state index contributed by atoms with van der Waals surface area (Å²) in [6.45, 7) is 0. The van der Waals surface area contributed by atoms with E-state index in [0.29, 0.717) is 11.4 Å². The lowest BCUT2D eigenvalue weighted by atomic mass is 10.2. The van der Waals surface area contributed by atoms with Gasteiger partial charge in [0, 0.05) is 13.1 Å². The highest BCUT2D eigenvalue weighted by molar-refractivity contribution is 7.71. The standard InChI is InChI=1S/C19H22FN5O3S/c1-24-16-9-21-19(22-15-7-6-12(8-14(15)20)11-29(27)28)23-18(16)25(17(24)10-26)13-4-2-3-5-13/h6-10,13,17,29H,2-5,11H2,1H3,(H,21,22,23). The van der Waals surface area contributed by atoms with Gasteiger partial charge in [-0.1, -0.05) is 18.9 Å². The maximum atomic E-state index is 14.4. The number of carbonyl (C=O) groups is 1. The van der Waals surface area contributed by atoms with E-state index in [1.807, 2.05) is 16.8 Å². The van der Waals surface area contributed by atoms with Crippen molar-refractivity contribution in [2.75, 3.05) is 22.2 Å². The number of nitrogens with one attached hydrogen (secondary N) is 1. The van der Waals surface area contributed by atoms with Gasteiger partial charge in [0.05, 0.1) is 17.6 Å². The van der Waals surface area contributed by atoms with Gasteiger partial charge in [0.15, 0.2) is 18.3 Å². The van der Waals surface area contributed by atoms with Crippen LogP contribution >= 0.6 is 0 Å². The molecule has 0 radical (unpaired) electrons. The molecular formula is C19H22FN5O3S. The van der Waals surface area contributed by atoms with Gasteiger partial charge in [0.25, 0.3) is 0 Å². The number of carbonyl (C=O) groups excluding carboxylic acids is 1. The Balaban J connectivity index is 1.63. The molecule has 1 aliphatic carbocycles. The minimum atomic E-state index is -2.62. The van der Waals surface area contributed by atoms with Crippen LogP contribution in [0.5, 0.6) is 0 Å². The molecule has 29 heavy (non-hydrogen) atoms. The van der Waals surface area contributed by atoms with Gasteiger partial charge in [-0.05, 0) is 30.5 Å². The van der Waals surface area contributed by atoms with E-state index in [9.17, 15) is 17.6 Å². The van der Waals surface area contributed by atoms with Crippen LogP contribution in [0.1, 0.15) is 31.2 Å². The third-order valence-electron chi connectivity index (χ3n) is 5.49. The van der Waals surface area contributed by atoms with E-state index in [1.54, 1.807) is 12.3 Å². The molecule has 1 unspecified atom stereocenters. The van der Waals surface area contributed by atoms with E-state index in [0.717, 1.165) is 37.7 Å². The highest BCUT2D eigenvalue weighted by Gasteiger charge is 2.40. The Labute approximate surface area is 169 Å². The number of fused-ring (bicyclic) bond motifs is 1. The Bertz CT molecular complexity index is 1000. The zero-order valence-electron chi connectivity index (χ0n) is 15.9. The van der Waals surface area contributed by atoms with Crippen molar-refractivity contribution in [2.24, 2.45) is 0 Å². The number of hydrogen-bond donors (Lipinski definition) is 2. The zero-order valence-corrected chi connectivity index (χ0v) is 16.8. The fourth-order valence-corrected chi connectivity index (χ4v) is 4.57. The molecule has 0 spiro atoms. The third kappa shape index (κ3) is 3.76. The molecular weight excluding hydrogens is 397 g/mol. The van der Waals surface area contributed by atoms with Crippen molar-refractivity contribution in [1.29, 1.82) is 0 Å². The number of rotatable bonds is 6. The normalized spacial score (nSPS) is 19.1. The molecule has 0 bridgehead atoms. The van der Waals surface area contributed by atoms with Crippen molar-refractivity contribution in [3.05, 3.63) is 35.8 Å². The van der Waals surface area contributed by atoms with Crippen LogP contribution in [-0.2, 0) is 21.3 Å². The van der Waals surface area contributed by atoms with Gasteiger partial charge in [-0.2, -0.15) is 4.98 Å². The van der Waals surface area contributed by atoms with Gasteiger partial charge < -0.3 is 15.1 Å². The van der Waals surface area contributed by atoms with Crippen molar-refractivity contribution >= 4 is 40.1 Å². The van der Waals surface area contributed by atoms with E-state index < -0.39 is 22.7 Å². The van der Waals surface area contributed by atoms with E-state index >= 15 is 0 Å². The number of halogens is 1. The van der Waals surface area contributed by atoms with Crippen LogP contribution in [0.4, 0.5) is 27.5 Å². The number of aromatic nitrogens is 2. The van der Waals surface area contributed by atoms with Gasteiger partial charge in [-0.15, -0.1) is 0 Å². The highest BCUT2D eigenvalue weighted by Crippen LogP contribution is 2.41. The van der Waals surface area contributed by atoms with Crippen molar-refractivity contribution < 1.29 is 17.6 Å². The lowest BCUT2D eigenvalue weighted by Crippen LogP contribution is -2.47. The fraction of sp³-hybridized carbons (Fsp3) is 0.421. The van der Waals surface area contributed by atoms with Crippen molar-refractivity contribution in [3.8, 4) is 0 Å². The SMILES string of the molecule is CN1c2cnc(Nc3ccc(C[SH](=O)=O)cc3F)nc2N(C2CCCC2)C1C=O. The second-order valence-electron chi connectivity index (χ2n) is 7.34. The summed E-state index contributed by atoms with van der Waals surface area (Å²) in [7, 11) is -0.785. The summed E-state index contributed by atoms with van der Waals surface area (Å²) < 4.78 is 36.0. The Morgan fingerprint density at radius 1 is 1.31 bits per heavy atom. The summed E-state index contributed by atoms with van der Waals surface area (Å²) in [5.74, 6) is 0.0825. The maximum absolute atomic E-state index is 14.4. The van der Waals surface area contributed by atoms with E-state index in [1.165, 1.54) is 12.1 Å². The van der Waals surface area contributed by atoms with E-state index in [2.05, 4.69) is 15.3 Å². The molecule has 1 N–H and O–H groups in total. The molecule has 154 valence electrons. The Hall–Kier alpha value is -2.75. The molecule has 1 aliphatic heterocycles. The van der Waals surface area contributed by atoms with Gasteiger partial charge in [-0.3, -0.25) is 4.79 Å².